The van der Waals surface area contributed by atoms with Crippen molar-refractivity contribution in [3.63, 3.8) is 0 Å². The van der Waals surface area contributed by atoms with E-state index in [0.717, 1.165) is 0 Å². The van der Waals surface area contributed by atoms with Gasteiger partial charge in [-0.3, -0.25) is 9.63 Å². The number of nitrogens with two attached hydrogens (primary N) is 1. The first kappa shape index (κ1) is 10.7. The zero-order chi connectivity index (χ0) is 11.7. The third kappa shape index (κ3) is 1.67. The van der Waals surface area contributed by atoms with Crippen LogP contribution in [0.5, 0.6) is 0 Å². The lowest BCUT2D eigenvalue weighted by atomic mass is 10.0. The van der Waals surface area contributed by atoms with E-state index in [1.807, 2.05) is 0 Å². The van der Waals surface area contributed by atoms with E-state index in [2.05, 4.69) is 6.07 Å². The average Bonchev–Trinajstić information content (AvgIpc) is 2.50. The molecule has 2 rings (SSSR count). The van der Waals surface area contributed by atoms with E-state index >= 15 is 0 Å². The minimum absolute atomic E-state index is 0.0727. The molecule has 0 radical (unpaired) electrons. The highest BCUT2D eigenvalue weighted by atomic mass is 16.7. The normalized spacial score (nSPS) is 28.1. The number of nitriles is 1. The molecule has 7 nitrogen and oxygen atoms in total. The van der Waals surface area contributed by atoms with Gasteiger partial charge in [0.2, 0.25) is 5.91 Å². The third-order valence-electron chi connectivity index (χ3n) is 2.82. The second-order valence-corrected chi connectivity index (χ2v) is 3.88. The molecule has 2 aliphatic rings. The number of amides is 3. The summed E-state index contributed by atoms with van der Waals surface area (Å²) < 4.78 is 0. The number of hydrogen-bond acceptors (Lipinski definition) is 4. The van der Waals surface area contributed by atoms with Gasteiger partial charge in [-0.2, -0.15) is 10.3 Å². The Morgan fingerprint density at radius 3 is 3.00 bits per heavy atom. The highest BCUT2D eigenvalue weighted by Crippen LogP contribution is 2.29. The van der Waals surface area contributed by atoms with Crippen LogP contribution in [0.25, 0.3) is 0 Å². The van der Waals surface area contributed by atoms with Crippen LogP contribution in [0.3, 0.4) is 0 Å². The Kier molecular flexibility index (Phi) is 2.66. The molecule has 7 heteroatoms. The summed E-state index contributed by atoms with van der Waals surface area (Å²) in [6, 6.07) is 1.27. The van der Waals surface area contributed by atoms with Gasteiger partial charge in [0.15, 0.2) is 6.61 Å². The van der Waals surface area contributed by atoms with Gasteiger partial charge in [-0.1, -0.05) is 0 Å². The van der Waals surface area contributed by atoms with Gasteiger partial charge >= 0.3 is 6.03 Å². The molecule has 3 amide bonds. The first-order valence-corrected chi connectivity index (χ1v) is 5.04. The fraction of sp³-hybridized carbons (Fsp3) is 0.667. The lowest BCUT2D eigenvalue weighted by Crippen LogP contribution is -2.39. The molecule has 0 aromatic carbocycles. The van der Waals surface area contributed by atoms with Gasteiger partial charge in [-0.15, -0.1) is 0 Å². The molecule has 2 heterocycles. The van der Waals surface area contributed by atoms with Crippen LogP contribution in [0.4, 0.5) is 4.79 Å². The first-order valence-electron chi connectivity index (χ1n) is 5.04. The van der Waals surface area contributed by atoms with Gasteiger partial charge in [0.05, 0.1) is 12.1 Å². The van der Waals surface area contributed by atoms with E-state index in [1.54, 1.807) is 0 Å². The number of hydrogen-bond donors (Lipinski definition) is 1. The Hall–Kier alpha value is -1.81. The van der Waals surface area contributed by atoms with Crippen molar-refractivity contribution in [3.05, 3.63) is 0 Å². The predicted octanol–water partition coefficient (Wildman–Crippen LogP) is -0.805. The van der Waals surface area contributed by atoms with E-state index < -0.39 is 5.91 Å². The minimum atomic E-state index is -0.624. The molecule has 2 saturated heterocycles. The molecule has 0 spiro atoms. The van der Waals surface area contributed by atoms with Crippen molar-refractivity contribution in [1.82, 2.24) is 9.96 Å². The topological polar surface area (TPSA) is 99.7 Å². The van der Waals surface area contributed by atoms with Crippen molar-refractivity contribution in [2.24, 2.45) is 5.73 Å². The molecule has 2 aliphatic heterocycles. The second-order valence-electron chi connectivity index (χ2n) is 3.88. The van der Waals surface area contributed by atoms with Gasteiger partial charge in [0.25, 0.3) is 0 Å². The summed E-state index contributed by atoms with van der Waals surface area (Å²) in [6.45, 7) is 0.170. The third-order valence-corrected chi connectivity index (χ3v) is 2.82. The van der Waals surface area contributed by atoms with Crippen LogP contribution >= 0.6 is 0 Å². The van der Waals surface area contributed by atoms with Crippen molar-refractivity contribution in [1.29, 1.82) is 5.26 Å². The SMILES string of the molecule is N#C[C@@H]1CC[C@@H]2CN1C(=O)N2OCC(N)=O. The van der Waals surface area contributed by atoms with Crippen LogP contribution in [-0.2, 0) is 9.63 Å². The summed E-state index contributed by atoms with van der Waals surface area (Å²) in [5.74, 6) is -0.624. The van der Waals surface area contributed by atoms with Crippen LogP contribution in [0.2, 0.25) is 0 Å². The first-order chi connectivity index (χ1) is 7.63. The number of primary amides is 1. The number of piperidine rings is 1. The summed E-state index contributed by atoms with van der Waals surface area (Å²) in [5.41, 5.74) is 4.94. The van der Waals surface area contributed by atoms with Crippen molar-refractivity contribution in [2.45, 2.75) is 24.9 Å². The number of hydroxylamine groups is 2. The molecule has 0 aliphatic carbocycles. The Labute approximate surface area is 92.3 Å². The summed E-state index contributed by atoms with van der Waals surface area (Å²) in [5, 5.41) is 10.0. The Bertz CT molecular complexity index is 364. The fourth-order valence-corrected chi connectivity index (χ4v) is 2.07. The van der Waals surface area contributed by atoms with Crippen molar-refractivity contribution >= 4 is 11.9 Å². The van der Waals surface area contributed by atoms with Gasteiger partial charge in [-0.25, -0.2) is 4.79 Å². The van der Waals surface area contributed by atoms with Crippen LogP contribution < -0.4 is 5.73 Å². The molecule has 16 heavy (non-hydrogen) atoms. The van der Waals surface area contributed by atoms with Crippen molar-refractivity contribution in [3.8, 4) is 6.07 Å². The van der Waals surface area contributed by atoms with Crippen molar-refractivity contribution < 1.29 is 14.4 Å². The number of carbonyl (C=O) groups excluding carboxylic acids is 2. The molecule has 0 unspecified atom stereocenters. The predicted molar refractivity (Wildman–Crippen MR) is 51.5 cm³/mol. The maximum atomic E-state index is 11.8. The highest BCUT2D eigenvalue weighted by molar-refractivity contribution is 5.78. The van der Waals surface area contributed by atoms with Crippen molar-refractivity contribution in [2.75, 3.05) is 13.2 Å². The summed E-state index contributed by atoms with van der Waals surface area (Å²) in [6.07, 6.45) is 1.35. The molecule has 0 aromatic rings. The van der Waals surface area contributed by atoms with Crippen LogP contribution in [0.15, 0.2) is 0 Å². The Morgan fingerprint density at radius 2 is 2.38 bits per heavy atom. The average molecular weight is 224 g/mol. The maximum Gasteiger partial charge on any atom is 0.345 e. The molecule has 0 aromatic heterocycles. The van der Waals surface area contributed by atoms with Gasteiger partial charge in [0, 0.05) is 6.54 Å². The molecule has 2 fully saturated rings. The minimum Gasteiger partial charge on any atom is -0.368 e. The quantitative estimate of drug-likeness (QED) is 0.677. The van der Waals surface area contributed by atoms with Gasteiger partial charge in [0.1, 0.15) is 6.04 Å². The lowest BCUT2D eigenvalue weighted by Gasteiger charge is -2.24. The molecule has 2 bridgehead atoms. The highest BCUT2D eigenvalue weighted by Gasteiger charge is 2.45. The molecular formula is C9H12N4O3. The number of fused-ring (bicyclic) bond motifs is 2. The zero-order valence-electron chi connectivity index (χ0n) is 8.63. The van der Waals surface area contributed by atoms with Gasteiger partial charge in [-0.05, 0) is 12.8 Å². The smallest absolute Gasteiger partial charge is 0.345 e. The van der Waals surface area contributed by atoms with E-state index in [4.69, 9.17) is 15.8 Å². The standard InChI is InChI=1S/C9H12N4O3/c10-3-6-1-2-7-4-12(6)9(15)13(7)16-5-8(11)14/h6-7H,1-2,4-5H2,(H2,11,14)/t6-,7+/m0/s1. The van der Waals surface area contributed by atoms with E-state index in [0.29, 0.717) is 19.4 Å². The van der Waals surface area contributed by atoms with Crippen LogP contribution in [0.1, 0.15) is 12.8 Å². The second kappa shape index (κ2) is 3.98. The summed E-state index contributed by atoms with van der Waals surface area (Å²) in [7, 11) is 0. The summed E-state index contributed by atoms with van der Waals surface area (Å²) in [4.78, 5) is 28.9. The fourth-order valence-electron chi connectivity index (χ4n) is 2.07. The molecule has 2 atom stereocenters. The van der Waals surface area contributed by atoms with E-state index in [9.17, 15) is 9.59 Å². The number of rotatable bonds is 3. The largest absolute Gasteiger partial charge is 0.368 e. The summed E-state index contributed by atoms with van der Waals surface area (Å²) >= 11 is 0. The zero-order valence-corrected chi connectivity index (χ0v) is 8.63. The van der Waals surface area contributed by atoms with E-state index in [1.165, 1.54) is 9.96 Å². The number of urea groups is 1. The molecular weight excluding hydrogens is 212 g/mol. The Morgan fingerprint density at radius 1 is 1.62 bits per heavy atom. The number of carbonyl (C=O) groups is 2. The van der Waals surface area contributed by atoms with E-state index in [-0.39, 0.29) is 24.7 Å². The lowest BCUT2D eigenvalue weighted by molar-refractivity contribution is -0.151. The van der Waals surface area contributed by atoms with Gasteiger partial charge < -0.3 is 10.6 Å². The Balaban J connectivity index is 2.05. The number of nitrogens with zero attached hydrogens (tertiary/aromatic N) is 3. The monoisotopic (exact) mass is 224 g/mol. The van der Waals surface area contributed by atoms with Crippen LogP contribution in [-0.4, -0.2) is 47.1 Å². The molecule has 86 valence electrons. The molecule has 2 N–H and O–H groups in total. The van der Waals surface area contributed by atoms with Crippen LogP contribution in [0, 0.1) is 11.3 Å². The maximum absolute atomic E-state index is 11.8. The molecule has 0 saturated carbocycles.